The molecule has 1 atom stereocenters. The van der Waals surface area contributed by atoms with Gasteiger partial charge in [-0.05, 0) is 78.9 Å². The largest absolute Gasteiger partial charge is 0.507 e. The number of carbonyl (C=O) groups excluding carboxylic acids is 2. The molecule has 6 nitrogen and oxygen atoms in total. The van der Waals surface area contributed by atoms with Gasteiger partial charge in [0.2, 0.25) is 0 Å². The number of nitrogens with zero attached hydrogens (tertiary/aromatic N) is 1. The van der Waals surface area contributed by atoms with Crippen molar-refractivity contribution in [2.75, 3.05) is 18.6 Å². The molecule has 0 radical (unpaired) electrons. The highest BCUT2D eigenvalue weighted by molar-refractivity contribution is 6.51. The van der Waals surface area contributed by atoms with Crippen molar-refractivity contribution in [3.63, 3.8) is 0 Å². The number of hydrogen-bond acceptors (Lipinski definition) is 5. The number of benzene rings is 3. The molecule has 0 spiro atoms. The number of carbonyl (C=O) groups is 2. The lowest BCUT2D eigenvalue weighted by molar-refractivity contribution is -0.132. The number of Topliss-reactive ketones (excluding diaryl/α,β-unsaturated/α-hetero) is 1. The van der Waals surface area contributed by atoms with Crippen molar-refractivity contribution in [1.82, 2.24) is 0 Å². The van der Waals surface area contributed by atoms with Gasteiger partial charge in [-0.25, -0.2) is 0 Å². The summed E-state index contributed by atoms with van der Waals surface area (Å²) >= 11 is 0. The molecule has 1 heterocycles. The number of ketones is 1. The Hall–Kier alpha value is -4.06. The molecular weight excluding hydrogens is 454 g/mol. The fourth-order valence-electron chi connectivity index (χ4n) is 4.43. The molecule has 3 aromatic carbocycles. The van der Waals surface area contributed by atoms with E-state index in [-0.39, 0.29) is 11.3 Å². The average Bonchev–Trinajstić information content (AvgIpc) is 3.13. The minimum absolute atomic E-state index is 0.0546. The molecule has 1 fully saturated rings. The first-order valence-corrected chi connectivity index (χ1v) is 12.0. The molecular formula is C30H31NO5. The smallest absolute Gasteiger partial charge is 0.300 e. The molecule has 1 unspecified atom stereocenters. The minimum Gasteiger partial charge on any atom is -0.507 e. The maximum absolute atomic E-state index is 13.4. The zero-order valence-electron chi connectivity index (χ0n) is 21.2. The maximum Gasteiger partial charge on any atom is 0.300 e. The number of aliphatic hydroxyl groups excluding tert-OH is 1. The number of amides is 1. The highest BCUT2D eigenvalue weighted by Gasteiger charge is 2.47. The van der Waals surface area contributed by atoms with E-state index in [0.29, 0.717) is 35.3 Å². The van der Waals surface area contributed by atoms with E-state index in [4.69, 9.17) is 9.47 Å². The van der Waals surface area contributed by atoms with E-state index in [0.717, 1.165) is 16.7 Å². The van der Waals surface area contributed by atoms with Gasteiger partial charge in [-0.15, -0.1) is 0 Å². The van der Waals surface area contributed by atoms with E-state index >= 15 is 0 Å². The Kier molecular flexibility index (Phi) is 7.15. The van der Waals surface area contributed by atoms with E-state index in [1.807, 2.05) is 38.1 Å². The van der Waals surface area contributed by atoms with Gasteiger partial charge in [-0.3, -0.25) is 14.5 Å². The van der Waals surface area contributed by atoms with Gasteiger partial charge in [0.1, 0.15) is 17.3 Å². The van der Waals surface area contributed by atoms with Gasteiger partial charge in [-0.1, -0.05) is 38.1 Å². The Morgan fingerprint density at radius 1 is 0.972 bits per heavy atom. The molecule has 6 heteroatoms. The number of aliphatic hydroxyl groups is 1. The Morgan fingerprint density at radius 3 is 2.28 bits per heavy atom. The summed E-state index contributed by atoms with van der Waals surface area (Å²) in [4.78, 5) is 28.2. The van der Waals surface area contributed by atoms with Gasteiger partial charge < -0.3 is 14.6 Å². The summed E-state index contributed by atoms with van der Waals surface area (Å²) in [7, 11) is 1.57. The van der Waals surface area contributed by atoms with Crippen LogP contribution in [0.3, 0.4) is 0 Å². The molecule has 4 rings (SSSR count). The Balaban J connectivity index is 1.85. The van der Waals surface area contributed by atoms with Gasteiger partial charge in [-0.2, -0.15) is 0 Å². The summed E-state index contributed by atoms with van der Waals surface area (Å²) in [6, 6.07) is 19.1. The van der Waals surface area contributed by atoms with Gasteiger partial charge in [0.15, 0.2) is 0 Å². The number of aryl methyl sites for hydroxylation is 2. The molecule has 0 aliphatic carbocycles. The summed E-state index contributed by atoms with van der Waals surface area (Å²) in [5, 5.41) is 11.4. The molecule has 1 aliphatic heterocycles. The fourth-order valence-corrected chi connectivity index (χ4v) is 4.43. The van der Waals surface area contributed by atoms with Crippen LogP contribution in [0, 0.1) is 19.8 Å². The van der Waals surface area contributed by atoms with Crippen LogP contribution in [0.1, 0.15) is 42.1 Å². The third-order valence-corrected chi connectivity index (χ3v) is 6.29. The van der Waals surface area contributed by atoms with Crippen LogP contribution in [0.2, 0.25) is 0 Å². The second-order valence-electron chi connectivity index (χ2n) is 9.41. The number of hydrogen-bond donors (Lipinski definition) is 1. The van der Waals surface area contributed by atoms with Crippen molar-refractivity contribution in [1.29, 1.82) is 0 Å². The standard InChI is InChI=1S/C30H31NO5/c1-18(2)17-36-23-13-11-22(12-14-23)31-27(24-9-7-6-8-19(24)3)26(29(33)30(31)34)28(32)21-10-15-25(35-5)20(4)16-21/h6-16,18,27,32H,17H2,1-5H3/b28-26+. The van der Waals surface area contributed by atoms with Crippen LogP contribution in [-0.4, -0.2) is 30.5 Å². The molecule has 0 bridgehead atoms. The van der Waals surface area contributed by atoms with E-state index in [1.165, 1.54) is 4.90 Å². The molecule has 1 N–H and O–H groups in total. The van der Waals surface area contributed by atoms with Gasteiger partial charge in [0.05, 0.1) is 25.3 Å². The van der Waals surface area contributed by atoms with Crippen LogP contribution in [-0.2, 0) is 9.59 Å². The van der Waals surface area contributed by atoms with Crippen LogP contribution < -0.4 is 14.4 Å². The summed E-state index contributed by atoms with van der Waals surface area (Å²) in [6.07, 6.45) is 0. The Morgan fingerprint density at radius 2 is 1.67 bits per heavy atom. The Bertz CT molecular complexity index is 1320. The lowest BCUT2D eigenvalue weighted by Crippen LogP contribution is -2.29. The number of rotatable bonds is 7. The van der Waals surface area contributed by atoms with E-state index in [1.54, 1.807) is 49.6 Å². The molecule has 1 saturated heterocycles. The van der Waals surface area contributed by atoms with Crippen molar-refractivity contribution >= 4 is 23.1 Å². The SMILES string of the molecule is COc1ccc(/C(O)=C2\C(=O)C(=O)N(c3ccc(OCC(C)C)cc3)C2c2ccccc2C)cc1C. The maximum atomic E-state index is 13.4. The van der Waals surface area contributed by atoms with Crippen LogP contribution >= 0.6 is 0 Å². The second-order valence-corrected chi connectivity index (χ2v) is 9.41. The molecule has 1 amide bonds. The van der Waals surface area contributed by atoms with Crippen molar-refractivity contribution in [3.05, 3.63) is 94.6 Å². The molecule has 1 aliphatic rings. The minimum atomic E-state index is -0.781. The molecule has 186 valence electrons. The highest BCUT2D eigenvalue weighted by atomic mass is 16.5. The van der Waals surface area contributed by atoms with Crippen molar-refractivity contribution in [3.8, 4) is 11.5 Å². The summed E-state index contributed by atoms with van der Waals surface area (Å²) in [5.74, 6) is 0.101. The fraction of sp³-hybridized carbons (Fsp3) is 0.267. The number of ether oxygens (including phenoxy) is 2. The molecule has 36 heavy (non-hydrogen) atoms. The zero-order chi connectivity index (χ0) is 26.0. The van der Waals surface area contributed by atoms with Crippen LogP contribution in [0.15, 0.2) is 72.3 Å². The monoisotopic (exact) mass is 485 g/mol. The molecule has 3 aromatic rings. The van der Waals surface area contributed by atoms with E-state index < -0.39 is 17.7 Å². The van der Waals surface area contributed by atoms with Crippen LogP contribution in [0.4, 0.5) is 5.69 Å². The predicted molar refractivity (Wildman–Crippen MR) is 140 cm³/mol. The van der Waals surface area contributed by atoms with Gasteiger partial charge in [0.25, 0.3) is 11.7 Å². The highest BCUT2D eigenvalue weighted by Crippen LogP contribution is 2.43. The number of methoxy groups -OCH3 is 1. The summed E-state index contributed by atoms with van der Waals surface area (Å²) in [6.45, 7) is 8.50. The average molecular weight is 486 g/mol. The first kappa shape index (κ1) is 25.0. The normalized spacial score (nSPS) is 17.1. The third kappa shape index (κ3) is 4.71. The summed E-state index contributed by atoms with van der Waals surface area (Å²) < 4.78 is 11.1. The van der Waals surface area contributed by atoms with Crippen LogP contribution in [0.25, 0.3) is 5.76 Å². The third-order valence-electron chi connectivity index (χ3n) is 6.29. The van der Waals surface area contributed by atoms with E-state index in [9.17, 15) is 14.7 Å². The molecule has 0 aromatic heterocycles. The first-order chi connectivity index (χ1) is 17.2. The number of anilines is 1. The van der Waals surface area contributed by atoms with Crippen molar-refractivity contribution < 1.29 is 24.2 Å². The zero-order valence-corrected chi connectivity index (χ0v) is 21.2. The van der Waals surface area contributed by atoms with Crippen molar-refractivity contribution in [2.24, 2.45) is 5.92 Å². The van der Waals surface area contributed by atoms with Gasteiger partial charge in [0, 0.05) is 11.3 Å². The second kappa shape index (κ2) is 10.3. The predicted octanol–water partition coefficient (Wildman–Crippen LogP) is 5.97. The van der Waals surface area contributed by atoms with Gasteiger partial charge >= 0.3 is 0 Å². The van der Waals surface area contributed by atoms with Crippen LogP contribution in [0.5, 0.6) is 11.5 Å². The Labute approximate surface area is 211 Å². The summed E-state index contributed by atoms with van der Waals surface area (Å²) in [5.41, 5.74) is 3.53. The molecule has 0 saturated carbocycles. The lowest BCUT2D eigenvalue weighted by Gasteiger charge is -2.27. The quantitative estimate of drug-likeness (QED) is 0.253. The van der Waals surface area contributed by atoms with E-state index in [2.05, 4.69) is 13.8 Å². The topological polar surface area (TPSA) is 76.1 Å². The lowest BCUT2D eigenvalue weighted by atomic mass is 9.92. The first-order valence-electron chi connectivity index (χ1n) is 12.0. The van der Waals surface area contributed by atoms with Crippen molar-refractivity contribution in [2.45, 2.75) is 33.7 Å².